The third kappa shape index (κ3) is 3.89. The van der Waals surface area contributed by atoms with Gasteiger partial charge in [0.05, 0.1) is 13.2 Å². The Bertz CT molecular complexity index is 179. The first-order chi connectivity index (χ1) is 6.12. The molecule has 0 unspecified atom stereocenters. The van der Waals surface area contributed by atoms with Gasteiger partial charge in [0, 0.05) is 13.1 Å². The van der Waals surface area contributed by atoms with Crippen molar-refractivity contribution in [3.8, 4) is 0 Å². The fourth-order valence-corrected chi connectivity index (χ4v) is 1.23. The molecule has 0 amide bonds. The van der Waals surface area contributed by atoms with Gasteiger partial charge in [-0.2, -0.15) is 0 Å². The summed E-state index contributed by atoms with van der Waals surface area (Å²) in [5.41, 5.74) is 1.32. The monoisotopic (exact) mass is 185 g/mol. The van der Waals surface area contributed by atoms with E-state index in [0.717, 1.165) is 13.1 Å². The Labute approximate surface area is 80.1 Å². The maximum atomic E-state index is 5.44. The second-order valence-corrected chi connectivity index (χ2v) is 3.74. The lowest BCUT2D eigenvalue weighted by Gasteiger charge is -2.22. The molecular weight excluding hydrogens is 166 g/mol. The van der Waals surface area contributed by atoms with Crippen molar-refractivity contribution in [1.82, 2.24) is 5.32 Å². The predicted octanol–water partition coefficient (Wildman–Crippen LogP) is 1.31. The van der Waals surface area contributed by atoms with E-state index in [-0.39, 0.29) is 0 Å². The van der Waals surface area contributed by atoms with E-state index in [1.807, 2.05) is 6.92 Å². The fraction of sp³-hybridized carbons (Fsp3) is 0.800. The zero-order valence-electron chi connectivity index (χ0n) is 8.72. The van der Waals surface area contributed by atoms with Crippen LogP contribution in [0.1, 0.15) is 20.8 Å². The Morgan fingerprint density at radius 1 is 1.38 bits per heavy atom. The van der Waals surface area contributed by atoms with Crippen molar-refractivity contribution in [3.05, 3.63) is 11.6 Å². The summed E-state index contributed by atoms with van der Waals surface area (Å²) in [4.78, 5) is 0. The largest absolute Gasteiger partial charge is 0.347 e. The van der Waals surface area contributed by atoms with Gasteiger partial charge in [0.25, 0.3) is 0 Å². The molecule has 13 heavy (non-hydrogen) atoms. The van der Waals surface area contributed by atoms with Crippen molar-refractivity contribution >= 4 is 0 Å². The molecule has 0 aliphatic carbocycles. The van der Waals surface area contributed by atoms with Crippen LogP contribution in [0.5, 0.6) is 0 Å². The van der Waals surface area contributed by atoms with Gasteiger partial charge < -0.3 is 14.8 Å². The summed E-state index contributed by atoms with van der Waals surface area (Å²) in [6.07, 6.45) is 2.15. The topological polar surface area (TPSA) is 30.5 Å². The number of nitrogens with one attached hydrogen (secondary N) is 1. The van der Waals surface area contributed by atoms with Gasteiger partial charge in [-0.15, -0.1) is 0 Å². The highest BCUT2D eigenvalue weighted by Crippen LogP contribution is 2.16. The van der Waals surface area contributed by atoms with Crippen molar-refractivity contribution < 1.29 is 9.47 Å². The molecule has 3 nitrogen and oxygen atoms in total. The van der Waals surface area contributed by atoms with Gasteiger partial charge in [-0.3, -0.25) is 0 Å². The van der Waals surface area contributed by atoms with Crippen molar-refractivity contribution in [2.75, 3.05) is 26.3 Å². The summed E-state index contributed by atoms with van der Waals surface area (Å²) in [6, 6.07) is 0. The normalized spacial score (nSPS) is 20.2. The van der Waals surface area contributed by atoms with Crippen LogP contribution in [-0.2, 0) is 9.47 Å². The second-order valence-electron chi connectivity index (χ2n) is 3.74. The highest BCUT2D eigenvalue weighted by atomic mass is 16.7. The number of hydrogen-bond donors (Lipinski definition) is 1. The van der Waals surface area contributed by atoms with E-state index < -0.39 is 5.79 Å². The van der Waals surface area contributed by atoms with Crippen LogP contribution < -0.4 is 5.32 Å². The molecule has 0 aromatic carbocycles. The van der Waals surface area contributed by atoms with Gasteiger partial charge in [0.1, 0.15) is 0 Å². The zero-order chi connectivity index (χ0) is 9.73. The van der Waals surface area contributed by atoms with Crippen LogP contribution in [0.15, 0.2) is 11.6 Å². The number of hydrogen-bond acceptors (Lipinski definition) is 3. The molecule has 0 aromatic heterocycles. The first-order valence-corrected chi connectivity index (χ1v) is 4.74. The maximum Gasteiger partial charge on any atom is 0.178 e. The van der Waals surface area contributed by atoms with Crippen molar-refractivity contribution in [2.24, 2.45) is 0 Å². The highest BCUT2D eigenvalue weighted by Gasteiger charge is 2.29. The van der Waals surface area contributed by atoms with E-state index in [2.05, 4.69) is 25.2 Å². The minimum Gasteiger partial charge on any atom is -0.347 e. The standard InChI is InChI=1S/C10H19NO2/c1-9(2)4-5-11-8-10(3)12-6-7-13-10/h4,11H,5-8H2,1-3H3. The Kier molecular flexibility index (Phi) is 3.90. The first kappa shape index (κ1) is 10.7. The van der Waals surface area contributed by atoms with E-state index in [9.17, 15) is 0 Å². The van der Waals surface area contributed by atoms with Crippen LogP contribution in [0.25, 0.3) is 0 Å². The van der Waals surface area contributed by atoms with Gasteiger partial charge in [-0.1, -0.05) is 11.6 Å². The van der Waals surface area contributed by atoms with Crippen molar-refractivity contribution in [1.29, 1.82) is 0 Å². The van der Waals surface area contributed by atoms with Crippen LogP contribution in [-0.4, -0.2) is 32.1 Å². The third-order valence-electron chi connectivity index (χ3n) is 2.00. The van der Waals surface area contributed by atoms with E-state index >= 15 is 0 Å². The van der Waals surface area contributed by atoms with Gasteiger partial charge in [0.15, 0.2) is 5.79 Å². The molecule has 0 spiro atoms. The van der Waals surface area contributed by atoms with Crippen LogP contribution in [0, 0.1) is 0 Å². The van der Waals surface area contributed by atoms with Gasteiger partial charge in [-0.25, -0.2) is 0 Å². The summed E-state index contributed by atoms with van der Waals surface area (Å²) in [7, 11) is 0. The molecule has 0 aromatic rings. The van der Waals surface area contributed by atoms with Crippen molar-refractivity contribution in [2.45, 2.75) is 26.6 Å². The second kappa shape index (κ2) is 4.74. The SMILES string of the molecule is CC(C)=CCNCC1(C)OCCO1. The minimum atomic E-state index is -0.407. The Hall–Kier alpha value is -0.380. The summed E-state index contributed by atoms with van der Waals surface area (Å²) >= 11 is 0. The number of ether oxygens (including phenoxy) is 2. The lowest BCUT2D eigenvalue weighted by molar-refractivity contribution is -0.137. The molecule has 1 aliphatic heterocycles. The third-order valence-corrected chi connectivity index (χ3v) is 2.00. The molecule has 76 valence electrons. The highest BCUT2D eigenvalue weighted by molar-refractivity contribution is 4.94. The average molecular weight is 185 g/mol. The van der Waals surface area contributed by atoms with Crippen LogP contribution >= 0.6 is 0 Å². The van der Waals surface area contributed by atoms with E-state index in [0.29, 0.717) is 13.2 Å². The molecule has 1 N–H and O–H groups in total. The Balaban J connectivity index is 2.15. The summed E-state index contributed by atoms with van der Waals surface area (Å²) in [5.74, 6) is -0.407. The zero-order valence-corrected chi connectivity index (χ0v) is 8.72. The molecule has 0 bridgehead atoms. The Morgan fingerprint density at radius 3 is 2.54 bits per heavy atom. The molecule has 0 atom stereocenters. The number of rotatable bonds is 4. The summed E-state index contributed by atoms with van der Waals surface area (Å²) in [6.45, 7) is 9.19. The smallest absolute Gasteiger partial charge is 0.178 e. The maximum absolute atomic E-state index is 5.44. The average Bonchev–Trinajstić information content (AvgIpc) is 2.47. The van der Waals surface area contributed by atoms with Crippen LogP contribution in [0.3, 0.4) is 0 Å². The van der Waals surface area contributed by atoms with E-state index in [1.165, 1.54) is 5.57 Å². The lowest BCUT2D eigenvalue weighted by Crippen LogP contribution is -2.38. The van der Waals surface area contributed by atoms with Crippen LogP contribution in [0.4, 0.5) is 0 Å². The molecular formula is C10H19NO2. The van der Waals surface area contributed by atoms with E-state index in [4.69, 9.17) is 9.47 Å². The first-order valence-electron chi connectivity index (χ1n) is 4.74. The van der Waals surface area contributed by atoms with Gasteiger partial charge in [0.2, 0.25) is 0 Å². The summed E-state index contributed by atoms with van der Waals surface area (Å²) < 4.78 is 10.9. The molecule has 1 heterocycles. The molecule has 1 aliphatic rings. The lowest BCUT2D eigenvalue weighted by atomic mass is 10.3. The molecule has 1 rings (SSSR count). The minimum absolute atomic E-state index is 0.407. The molecule has 3 heteroatoms. The molecule has 1 saturated heterocycles. The number of allylic oxidation sites excluding steroid dienone is 1. The van der Waals surface area contributed by atoms with Gasteiger partial charge >= 0.3 is 0 Å². The summed E-state index contributed by atoms with van der Waals surface area (Å²) in [5, 5.41) is 3.27. The quantitative estimate of drug-likeness (QED) is 0.529. The molecule has 1 fully saturated rings. The fourth-order valence-electron chi connectivity index (χ4n) is 1.23. The van der Waals surface area contributed by atoms with Crippen LogP contribution in [0.2, 0.25) is 0 Å². The molecule has 0 radical (unpaired) electrons. The predicted molar refractivity (Wildman–Crippen MR) is 52.6 cm³/mol. The van der Waals surface area contributed by atoms with E-state index in [1.54, 1.807) is 0 Å². The van der Waals surface area contributed by atoms with Gasteiger partial charge in [-0.05, 0) is 20.8 Å². The molecule has 0 saturated carbocycles. The Morgan fingerprint density at radius 2 is 2.00 bits per heavy atom. The van der Waals surface area contributed by atoms with Crippen molar-refractivity contribution in [3.63, 3.8) is 0 Å².